The van der Waals surface area contributed by atoms with E-state index in [1.165, 1.54) is 0 Å². The molecule has 0 aromatic carbocycles. The van der Waals surface area contributed by atoms with Gasteiger partial charge in [0.2, 0.25) is 0 Å². The largest absolute Gasteiger partial charge is 0.383 e. The lowest BCUT2D eigenvalue weighted by Gasteiger charge is -2.14. The van der Waals surface area contributed by atoms with Gasteiger partial charge in [-0.25, -0.2) is 0 Å². The average molecular weight is 313 g/mol. The third kappa shape index (κ3) is 3.40. The Kier molecular flexibility index (Phi) is 4.92. The summed E-state index contributed by atoms with van der Waals surface area (Å²) in [6.45, 7) is 4.72. The molecule has 8 nitrogen and oxygen atoms in total. The summed E-state index contributed by atoms with van der Waals surface area (Å²) < 4.78 is 6.85. The van der Waals surface area contributed by atoms with Crippen LogP contribution in [0.5, 0.6) is 0 Å². The molecule has 0 aliphatic rings. The Hall–Kier alpha value is -1.93. The van der Waals surface area contributed by atoms with Crippen LogP contribution in [0.15, 0.2) is 6.33 Å². The van der Waals surface area contributed by atoms with E-state index in [1.807, 2.05) is 11.5 Å². The number of halogens is 1. The van der Waals surface area contributed by atoms with Gasteiger partial charge in [0.15, 0.2) is 11.5 Å². The molecule has 0 fully saturated rings. The third-order valence-corrected chi connectivity index (χ3v) is 3.47. The standard InChI is InChI=1S/C12H17ClN6O2/c1-7-9(13)10(17-16-7)12(20)15-8(2)11-18-14-6-19(11)4-5-21-3/h6,8H,4-5H2,1-3H3,(H,15,20)(H,16,17). The number of rotatable bonds is 6. The topological polar surface area (TPSA) is 97.7 Å². The molecule has 0 saturated carbocycles. The second-order valence-electron chi connectivity index (χ2n) is 4.58. The number of methoxy groups -OCH3 is 1. The molecular formula is C12H17ClN6O2. The van der Waals surface area contributed by atoms with Gasteiger partial charge >= 0.3 is 0 Å². The zero-order valence-electron chi connectivity index (χ0n) is 12.1. The lowest BCUT2D eigenvalue weighted by Crippen LogP contribution is -2.29. The highest BCUT2D eigenvalue weighted by Gasteiger charge is 2.21. The number of H-pyrrole nitrogens is 1. The predicted molar refractivity (Wildman–Crippen MR) is 76.1 cm³/mol. The van der Waals surface area contributed by atoms with E-state index in [4.69, 9.17) is 16.3 Å². The van der Waals surface area contributed by atoms with Crippen LogP contribution < -0.4 is 5.32 Å². The first-order valence-corrected chi connectivity index (χ1v) is 6.80. The number of carbonyl (C=O) groups is 1. The van der Waals surface area contributed by atoms with Crippen LogP contribution in [0.25, 0.3) is 0 Å². The van der Waals surface area contributed by atoms with E-state index in [-0.39, 0.29) is 17.6 Å². The van der Waals surface area contributed by atoms with Crippen molar-refractivity contribution in [1.29, 1.82) is 0 Å². The van der Waals surface area contributed by atoms with Crippen LogP contribution in [0, 0.1) is 6.92 Å². The molecule has 2 heterocycles. The molecule has 2 N–H and O–H groups in total. The van der Waals surface area contributed by atoms with Crippen LogP contribution in [0.2, 0.25) is 5.02 Å². The number of hydrogen-bond donors (Lipinski definition) is 2. The molecule has 0 radical (unpaired) electrons. The Balaban J connectivity index is 2.07. The lowest BCUT2D eigenvalue weighted by molar-refractivity contribution is 0.0932. The van der Waals surface area contributed by atoms with E-state index >= 15 is 0 Å². The zero-order valence-corrected chi connectivity index (χ0v) is 12.8. The van der Waals surface area contributed by atoms with Gasteiger partial charge in [-0.1, -0.05) is 11.6 Å². The number of aromatic amines is 1. The zero-order chi connectivity index (χ0) is 15.4. The van der Waals surface area contributed by atoms with E-state index in [1.54, 1.807) is 20.4 Å². The highest BCUT2D eigenvalue weighted by molar-refractivity contribution is 6.34. The molecule has 0 spiro atoms. The summed E-state index contributed by atoms with van der Waals surface area (Å²) in [7, 11) is 1.62. The maximum absolute atomic E-state index is 12.1. The Bertz CT molecular complexity index is 623. The maximum Gasteiger partial charge on any atom is 0.273 e. The molecule has 9 heteroatoms. The molecule has 2 aromatic heterocycles. The van der Waals surface area contributed by atoms with Crippen LogP contribution in [-0.2, 0) is 11.3 Å². The molecule has 0 bridgehead atoms. The van der Waals surface area contributed by atoms with Crippen molar-refractivity contribution in [3.63, 3.8) is 0 Å². The molecule has 0 aliphatic carbocycles. The van der Waals surface area contributed by atoms with E-state index < -0.39 is 0 Å². The molecule has 2 rings (SSSR count). The predicted octanol–water partition coefficient (Wildman–Crippen LogP) is 1.10. The fraction of sp³-hybridized carbons (Fsp3) is 0.500. The van der Waals surface area contributed by atoms with Crippen LogP contribution in [-0.4, -0.2) is 44.6 Å². The number of aryl methyl sites for hydroxylation is 1. The minimum atomic E-state index is -0.363. The minimum Gasteiger partial charge on any atom is -0.383 e. The lowest BCUT2D eigenvalue weighted by atomic mass is 10.2. The quantitative estimate of drug-likeness (QED) is 0.832. The number of hydrogen-bond acceptors (Lipinski definition) is 5. The summed E-state index contributed by atoms with van der Waals surface area (Å²) in [5.41, 5.74) is 0.821. The van der Waals surface area contributed by atoms with Crippen molar-refractivity contribution < 1.29 is 9.53 Å². The summed E-state index contributed by atoms with van der Waals surface area (Å²) in [6, 6.07) is -0.329. The van der Waals surface area contributed by atoms with Crippen molar-refractivity contribution in [3.8, 4) is 0 Å². The van der Waals surface area contributed by atoms with E-state index in [0.29, 0.717) is 29.7 Å². The number of aromatic nitrogens is 5. The van der Waals surface area contributed by atoms with Gasteiger partial charge in [-0.15, -0.1) is 10.2 Å². The first kappa shape index (κ1) is 15.5. The molecule has 1 atom stereocenters. The highest BCUT2D eigenvalue weighted by Crippen LogP contribution is 2.18. The van der Waals surface area contributed by atoms with Gasteiger partial charge in [-0.05, 0) is 13.8 Å². The fourth-order valence-corrected chi connectivity index (χ4v) is 2.03. The fourth-order valence-electron chi connectivity index (χ4n) is 1.86. The number of nitrogens with zero attached hydrogens (tertiary/aromatic N) is 4. The van der Waals surface area contributed by atoms with E-state index in [0.717, 1.165) is 0 Å². The number of carbonyl (C=O) groups excluding carboxylic acids is 1. The molecule has 0 aliphatic heterocycles. The summed E-state index contributed by atoms with van der Waals surface area (Å²) in [4.78, 5) is 12.1. The Morgan fingerprint density at radius 1 is 1.62 bits per heavy atom. The van der Waals surface area contributed by atoms with Crippen LogP contribution in [0.1, 0.15) is 35.0 Å². The van der Waals surface area contributed by atoms with Crippen molar-refractivity contribution in [2.45, 2.75) is 26.4 Å². The van der Waals surface area contributed by atoms with Crippen molar-refractivity contribution in [2.24, 2.45) is 0 Å². The maximum atomic E-state index is 12.1. The average Bonchev–Trinajstić information content (AvgIpc) is 3.04. The first-order chi connectivity index (χ1) is 10.0. The Morgan fingerprint density at radius 3 is 3.00 bits per heavy atom. The number of ether oxygens (including phenoxy) is 1. The van der Waals surface area contributed by atoms with Gasteiger partial charge in [0.05, 0.1) is 23.4 Å². The Morgan fingerprint density at radius 2 is 2.38 bits per heavy atom. The van der Waals surface area contributed by atoms with Gasteiger partial charge < -0.3 is 14.6 Å². The normalized spacial score (nSPS) is 12.4. The van der Waals surface area contributed by atoms with Crippen molar-refractivity contribution in [1.82, 2.24) is 30.3 Å². The van der Waals surface area contributed by atoms with Crippen molar-refractivity contribution in [2.75, 3.05) is 13.7 Å². The molecule has 2 aromatic rings. The van der Waals surface area contributed by atoms with Crippen LogP contribution >= 0.6 is 11.6 Å². The molecule has 1 unspecified atom stereocenters. The van der Waals surface area contributed by atoms with E-state index in [9.17, 15) is 4.79 Å². The number of nitrogens with one attached hydrogen (secondary N) is 2. The second-order valence-corrected chi connectivity index (χ2v) is 4.96. The second kappa shape index (κ2) is 6.68. The molecule has 21 heavy (non-hydrogen) atoms. The Labute approximate surface area is 126 Å². The molecule has 0 saturated heterocycles. The molecule has 1 amide bonds. The first-order valence-electron chi connectivity index (χ1n) is 6.42. The smallest absolute Gasteiger partial charge is 0.273 e. The van der Waals surface area contributed by atoms with E-state index in [2.05, 4.69) is 25.7 Å². The summed E-state index contributed by atoms with van der Waals surface area (Å²) in [5, 5.41) is 17.6. The summed E-state index contributed by atoms with van der Waals surface area (Å²) >= 11 is 6.01. The van der Waals surface area contributed by atoms with Crippen molar-refractivity contribution >= 4 is 17.5 Å². The van der Waals surface area contributed by atoms with Crippen LogP contribution in [0.4, 0.5) is 0 Å². The SMILES string of the molecule is COCCn1cnnc1C(C)NC(=O)c1n[nH]c(C)c1Cl. The highest BCUT2D eigenvalue weighted by atomic mass is 35.5. The monoisotopic (exact) mass is 312 g/mol. The molecule has 114 valence electrons. The van der Waals surface area contributed by atoms with Gasteiger partial charge in [-0.3, -0.25) is 9.89 Å². The minimum absolute atomic E-state index is 0.170. The van der Waals surface area contributed by atoms with Gasteiger partial charge in [0, 0.05) is 13.7 Å². The number of amides is 1. The third-order valence-electron chi connectivity index (χ3n) is 3.00. The van der Waals surface area contributed by atoms with Gasteiger partial charge in [0.25, 0.3) is 5.91 Å². The van der Waals surface area contributed by atoms with Gasteiger partial charge in [-0.2, -0.15) is 5.10 Å². The molecular weight excluding hydrogens is 296 g/mol. The van der Waals surface area contributed by atoms with Crippen LogP contribution in [0.3, 0.4) is 0 Å². The van der Waals surface area contributed by atoms with Crippen molar-refractivity contribution in [3.05, 3.63) is 28.6 Å². The summed E-state index contributed by atoms with van der Waals surface area (Å²) in [5.74, 6) is 0.280. The summed E-state index contributed by atoms with van der Waals surface area (Å²) in [6.07, 6.45) is 1.60. The van der Waals surface area contributed by atoms with Gasteiger partial charge in [0.1, 0.15) is 6.33 Å².